The van der Waals surface area contributed by atoms with Crippen molar-refractivity contribution in [3.8, 4) is 17.2 Å². The molecule has 3 aromatic rings. The van der Waals surface area contributed by atoms with Gasteiger partial charge in [0.2, 0.25) is 0 Å². The van der Waals surface area contributed by atoms with Crippen molar-refractivity contribution in [1.29, 1.82) is 0 Å². The molecule has 2 aromatic carbocycles. The Balaban J connectivity index is 1.64. The summed E-state index contributed by atoms with van der Waals surface area (Å²) in [5.41, 5.74) is 4.45. The van der Waals surface area contributed by atoms with Crippen molar-refractivity contribution in [3.63, 3.8) is 0 Å². The molecular formula is C25H27NO4S. The number of nitrogens with zero attached hydrogens (tertiary/aromatic N) is 1. The van der Waals surface area contributed by atoms with E-state index in [-0.39, 0.29) is 18.6 Å². The van der Waals surface area contributed by atoms with Crippen LogP contribution in [0.5, 0.6) is 17.2 Å². The van der Waals surface area contributed by atoms with Crippen LogP contribution < -0.4 is 14.2 Å². The molecule has 0 fully saturated rings. The number of methoxy groups -OCH3 is 2. The van der Waals surface area contributed by atoms with Crippen molar-refractivity contribution in [2.75, 3.05) is 27.4 Å². The SMILES string of the molecule is COc1cc2c(cc1OC)C(c1cccs1)N(C(=O)COc1ccc(C)cc1C)CC2. The van der Waals surface area contributed by atoms with E-state index in [0.717, 1.165) is 28.2 Å². The van der Waals surface area contributed by atoms with Crippen molar-refractivity contribution >= 4 is 17.2 Å². The quantitative estimate of drug-likeness (QED) is 0.548. The zero-order chi connectivity index (χ0) is 22.0. The Bertz CT molecular complexity index is 1080. The molecule has 4 rings (SSSR count). The number of amides is 1. The Morgan fingerprint density at radius 2 is 1.84 bits per heavy atom. The van der Waals surface area contributed by atoms with E-state index in [1.807, 2.05) is 54.5 Å². The lowest BCUT2D eigenvalue weighted by atomic mass is 9.90. The maximum absolute atomic E-state index is 13.3. The average Bonchev–Trinajstić information content (AvgIpc) is 3.31. The number of carbonyl (C=O) groups excluding carboxylic acids is 1. The first-order valence-electron chi connectivity index (χ1n) is 10.3. The molecule has 0 bridgehead atoms. The highest BCUT2D eigenvalue weighted by Crippen LogP contribution is 2.42. The number of carbonyl (C=O) groups is 1. The third kappa shape index (κ3) is 4.26. The molecule has 1 aliphatic rings. The number of fused-ring (bicyclic) bond motifs is 1. The Kier molecular flexibility index (Phi) is 6.18. The Hall–Kier alpha value is -2.99. The molecule has 0 spiro atoms. The highest BCUT2D eigenvalue weighted by Gasteiger charge is 2.34. The lowest BCUT2D eigenvalue weighted by Crippen LogP contribution is -2.42. The van der Waals surface area contributed by atoms with Crippen molar-refractivity contribution in [3.05, 3.63) is 75.0 Å². The Labute approximate surface area is 187 Å². The molecular weight excluding hydrogens is 410 g/mol. The molecule has 1 atom stereocenters. The number of rotatable bonds is 6. The lowest BCUT2D eigenvalue weighted by Gasteiger charge is -2.37. The van der Waals surface area contributed by atoms with Gasteiger partial charge >= 0.3 is 0 Å². The molecule has 1 unspecified atom stereocenters. The van der Waals surface area contributed by atoms with Gasteiger partial charge in [-0.1, -0.05) is 23.8 Å². The maximum Gasteiger partial charge on any atom is 0.261 e. The second kappa shape index (κ2) is 9.02. The predicted molar refractivity (Wildman–Crippen MR) is 123 cm³/mol. The number of ether oxygens (including phenoxy) is 3. The summed E-state index contributed by atoms with van der Waals surface area (Å²) in [5, 5.41) is 2.04. The first kappa shape index (κ1) is 21.2. The number of hydrogen-bond donors (Lipinski definition) is 0. The van der Waals surface area contributed by atoms with Crippen LogP contribution in [0.25, 0.3) is 0 Å². The van der Waals surface area contributed by atoms with Crippen LogP contribution >= 0.6 is 11.3 Å². The van der Waals surface area contributed by atoms with Crippen LogP contribution in [-0.2, 0) is 11.2 Å². The standard InChI is InChI=1S/C25H27NO4S/c1-16-7-8-20(17(2)12-16)30-15-24(27)26-10-9-18-13-21(28-3)22(29-4)14-19(18)25(26)23-6-5-11-31-23/h5-8,11-14,25H,9-10,15H2,1-4H3. The van der Waals surface area contributed by atoms with Gasteiger partial charge in [0.15, 0.2) is 18.1 Å². The van der Waals surface area contributed by atoms with E-state index >= 15 is 0 Å². The molecule has 0 aliphatic carbocycles. The maximum atomic E-state index is 13.3. The van der Waals surface area contributed by atoms with Crippen molar-refractivity contribution < 1.29 is 19.0 Å². The average molecular weight is 438 g/mol. The van der Waals surface area contributed by atoms with Crippen LogP contribution in [0.2, 0.25) is 0 Å². The third-order valence-corrected chi connectivity index (χ3v) is 6.61. The summed E-state index contributed by atoms with van der Waals surface area (Å²) in [5.74, 6) is 2.10. The minimum absolute atomic E-state index is 0.00833. The Morgan fingerprint density at radius 1 is 1.06 bits per heavy atom. The summed E-state index contributed by atoms with van der Waals surface area (Å²) < 4.78 is 16.9. The van der Waals surface area contributed by atoms with Gasteiger partial charge in [0.1, 0.15) is 5.75 Å². The highest BCUT2D eigenvalue weighted by atomic mass is 32.1. The third-order valence-electron chi connectivity index (χ3n) is 5.69. The fraction of sp³-hybridized carbons (Fsp3) is 0.320. The molecule has 1 aromatic heterocycles. The van der Waals surface area contributed by atoms with Crippen molar-refractivity contribution in [2.24, 2.45) is 0 Å². The van der Waals surface area contributed by atoms with Crippen LogP contribution in [0, 0.1) is 13.8 Å². The van der Waals surface area contributed by atoms with Crippen molar-refractivity contribution in [1.82, 2.24) is 4.90 Å². The van der Waals surface area contributed by atoms with Crippen LogP contribution in [0.1, 0.15) is 33.2 Å². The molecule has 162 valence electrons. The molecule has 0 saturated carbocycles. The highest BCUT2D eigenvalue weighted by molar-refractivity contribution is 7.10. The van der Waals surface area contributed by atoms with Gasteiger partial charge in [-0.15, -0.1) is 11.3 Å². The molecule has 5 nitrogen and oxygen atoms in total. The van der Waals surface area contributed by atoms with Gasteiger partial charge in [-0.25, -0.2) is 0 Å². The van der Waals surface area contributed by atoms with Gasteiger partial charge in [0.25, 0.3) is 5.91 Å². The van der Waals surface area contributed by atoms with Gasteiger partial charge in [0, 0.05) is 11.4 Å². The van der Waals surface area contributed by atoms with E-state index in [1.165, 1.54) is 11.1 Å². The van der Waals surface area contributed by atoms with E-state index in [1.54, 1.807) is 25.6 Å². The summed E-state index contributed by atoms with van der Waals surface area (Å²) in [7, 11) is 3.28. The minimum atomic E-state index is -0.168. The molecule has 2 heterocycles. The van der Waals surface area contributed by atoms with Gasteiger partial charge in [-0.3, -0.25) is 4.79 Å². The number of thiophene rings is 1. The van der Waals surface area contributed by atoms with Gasteiger partial charge in [0.05, 0.1) is 20.3 Å². The monoisotopic (exact) mass is 437 g/mol. The van der Waals surface area contributed by atoms with E-state index in [2.05, 4.69) is 12.1 Å². The van der Waals surface area contributed by atoms with Crippen LogP contribution in [0.15, 0.2) is 47.8 Å². The molecule has 0 radical (unpaired) electrons. The van der Waals surface area contributed by atoms with E-state index in [9.17, 15) is 4.79 Å². The molecule has 0 N–H and O–H groups in total. The van der Waals surface area contributed by atoms with Crippen molar-refractivity contribution in [2.45, 2.75) is 26.3 Å². The van der Waals surface area contributed by atoms with Gasteiger partial charge < -0.3 is 19.1 Å². The van der Waals surface area contributed by atoms with E-state index in [4.69, 9.17) is 14.2 Å². The fourth-order valence-corrected chi connectivity index (χ4v) is 5.01. The molecule has 1 aliphatic heterocycles. The van der Waals surface area contributed by atoms with E-state index < -0.39 is 0 Å². The van der Waals surface area contributed by atoms with Crippen LogP contribution in [-0.4, -0.2) is 38.2 Å². The van der Waals surface area contributed by atoms with Crippen LogP contribution in [0.4, 0.5) is 0 Å². The normalized spacial score (nSPS) is 15.4. The first-order chi connectivity index (χ1) is 15.0. The second-order valence-corrected chi connectivity index (χ2v) is 8.70. The molecule has 0 saturated heterocycles. The Morgan fingerprint density at radius 3 is 2.52 bits per heavy atom. The number of aryl methyl sites for hydroxylation is 2. The summed E-state index contributed by atoms with van der Waals surface area (Å²) in [6, 6.07) is 13.9. The van der Waals surface area contributed by atoms with E-state index in [0.29, 0.717) is 18.0 Å². The zero-order valence-electron chi connectivity index (χ0n) is 18.3. The molecule has 1 amide bonds. The number of benzene rings is 2. The fourth-order valence-electron chi connectivity index (χ4n) is 4.15. The summed E-state index contributed by atoms with van der Waals surface area (Å²) in [6.07, 6.45) is 0.757. The molecule has 31 heavy (non-hydrogen) atoms. The summed E-state index contributed by atoms with van der Waals surface area (Å²) >= 11 is 1.65. The topological polar surface area (TPSA) is 48.0 Å². The zero-order valence-corrected chi connectivity index (χ0v) is 19.1. The van der Waals surface area contributed by atoms with Crippen LogP contribution in [0.3, 0.4) is 0 Å². The summed E-state index contributed by atoms with van der Waals surface area (Å²) in [4.78, 5) is 16.3. The smallest absolute Gasteiger partial charge is 0.261 e. The first-order valence-corrected chi connectivity index (χ1v) is 11.2. The lowest BCUT2D eigenvalue weighted by molar-refractivity contribution is -0.135. The second-order valence-electron chi connectivity index (χ2n) is 7.72. The molecule has 6 heteroatoms. The summed E-state index contributed by atoms with van der Waals surface area (Å²) in [6.45, 7) is 4.68. The largest absolute Gasteiger partial charge is 0.493 e. The van der Waals surface area contributed by atoms with Gasteiger partial charge in [-0.2, -0.15) is 0 Å². The minimum Gasteiger partial charge on any atom is -0.493 e. The van der Waals surface area contributed by atoms with Gasteiger partial charge in [-0.05, 0) is 66.6 Å². The predicted octanol–water partition coefficient (Wildman–Crippen LogP) is 4.94. The number of hydrogen-bond acceptors (Lipinski definition) is 5.